The monoisotopic (exact) mass is 684 g/mol. The van der Waals surface area contributed by atoms with Crippen molar-refractivity contribution in [2.75, 3.05) is 43.9 Å². The van der Waals surface area contributed by atoms with Gasteiger partial charge in [-0.05, 0) is 44.2 Å². The molecule has 0 bridgehead atoms. The second-order valence-corrected chi connectivity index (χ2v) is 13.8. The van der Waals surface area contributed by atoms with Crippen LogP contribution in [0.25, 0.3) is 11.0 Å². The lowest BCUT2D eigenvalue weighted by atomic mass is 10.1. The topological polar surface area (TPSA) is 185 Å². The number of anilines is 3. The number of rotatable bonds is 12. The van der Waals surface area contributed by atoms with Crippen LogP contribution in [0, 0.1) is 6.92 Å². The Balaban J connectivity index is 0.974. The van der Waals surface area contributed by atoms with E-state index in [0.29, 0.717) is 53.7 Å². The number of carbonyl (C=O) groups excluding carboxylic acids is 1. The van der Waals surface area contributed by atoms with Gasteiger partial charge in [0.2, 0.25) is 0 Å². The van der Waals surface area contributed by atoms with E-state index >= 15 is 0 Å². The Hall–Kier alpha value is -5.39. The fourth-order valence-corrected chi connectivity index (χ4v) is 7.10. The second-order valence-electron chi connectivity index (χ2n) is 12.0. The summed E-state index contributed by atoms with van der Waals surface area (Å²) in [6.07, 6.45) is 8.39. The third-order valence-corrected chi connectivity index (χ3v) is 10.2. The first-order valence-corrected chi connectivity index (χ1v) is 17.3. The lowest BCUT2D eigenvalue weighted by Crippen LogP contribution is -2.43. The molecule has 0 atom stereocenters. The molecule has 1 aromatic carbocycles. The number of furan rings is 1. The molecule has 1 saturated heterocycles. The Morgan fingerprint density at radius 2 is 1.88 bits per heavy atom. The first-order valence-electron chi connectivity index (χ1n) is 15.9. The van der Waals surface area contributed by atoms with Crippen molar-refractivity contribution < 1.29 is 17.6 Å². The molecule has 6 aromatic rings. The molecular weight excluding hydrogens is 648 g/mol. The number of fused-ring (bicyclic) bond motifs is 1. The molecule has 0 unspecified atom stereocenters. The second kappa shape index (κ2) is 13.6. The summed E-state index contributed by atoms with van der Waals surface area (Å²) in [6.45, 7) is 7.32. The van der Waals surface area contributed by atoms with Crippen LogP contribution in [0.15, 0.2) is 77.1 Å². The van der Waals surface area contributed by atoms with E-state index in [2.05, 4.69) is 57.7 Å². The van der Waals surface area contributed by atoms with Gasteiger partial charge in [-0.25, -0.2) is 15.0 Å². The van der Waals surface area contributed by atoms with Gasteiger partial charge in [-0.3, -0.25) is 14.8 Å². The van der Waals surface area contributed by atoms with E-state index < -0.39 is 10.0 Å². The molecule has 0 spiro atoms. The first kappa shape index (κ1) is 32.2. The van der Waals surface area contributed by atoms with Crippen LogP contribution in [0.4, 0.5) is 17.2 Å². The highest BCUT2D eigenvalue weighted by Crippen LogP contribution is 2.27. The number of benzene rings is 1. The smallest absolute Gasteiger partial charge is 0.287 e. The normalized spacial score (nSPS) is 14.4. The van der Waals surface area contributed by atoms with Crippen LogP contribution in [0.2, 0.25) is 0 Å². The van der Waals surface area contributed by atoms with Crippen molar-refractivity contribution in [2.45, 2.75) is 37.8 Å². The van der Waals surface area contributed by atoms with Gasteiger partial charge < -0.3 is 24.5 Å². The SMILES string of the molecule is Cc1oc(CCCn2ccc3c(Nc4cn[nH]c4C(=O)Nc4ccc(CN5CCN(C)CC5)cc4)ncnc32)cc1S(=O)(=O)n1cncn1. The van der Waals surface area contributed by atoms with Crippen LogP contribution in [0.5, 0.6) is 0 Å². The van der Waals surface area contributed by atoms with Crippen molar-refractivity contribution in [3.63, 3.8) is 0 Å². The Morgan fingerprint density at radius 3 is 2.65 bits per heavy atom. The minimum Gasteiger partial charge on any atom is -0.465 e. The molecule has 6 heterocycles. The van der Waals surface area contributed by atoms with Gasteiger partial charge >= 0.3 is 0 Å². The number of nitrogens with one attached hydrogen (secondary N) is 3. The number of likely N-dealkylation sites (N-methyl/N-ethyl adjacent to an activating group) is 1. The summed E-state index contributed by atoms with van der Waals surface area (Å²) in [5.74, 6) is 1.04. The van der Waals surface area contributed by atoms with Crippen LogP contribution in [0.1, 0.15) is 34.0 Å². The number of aryl methyl sites for hydroxylation is 3. The maximum absolute atomic E-state index is 13.2. The zero-order valence-corrected chi connectivity index (χ0v) is 27.9. The van der Waals surface area contributed by atoms with Crippen LogP contribution in [-0.4, -0.2) is 96.3 Å². The fraction of sp³-hybridized carbons (Fsp3) is 0.312. The average molecular weight is 685 g/mol. The number of aromatic amines is 1. The maximum atomic E-state index is 13.2. The van der Waals surface area contributed by atoms with Crippen LogP contribution < -0.4 is 10.6 Å². The first-order chi connectivity index (χ1) is 23.7. The van der Waals surface area contributed by atoms with Crippen molar-refractivity contribution >= 4 is 44.2 Å². The fourth-order valence-electron chi connectivity index (χ4n) is 5.87. The Bertz CT molecular complexity index is 2160. The van der Waals surface area contributed by atoms with Gasteiger partial charge in [0.15, 0.2) is 0 Å². The number of nitrogens with zero attached hydrogens (tertiary/aromatic N) is 9. The molecule has 0 saturated carbocycles. The minimum absolute atomic E-state index is 0.0600. The molecule has 1 aliphatic rings. The van der Waals surface area contributed by atoms with E-state index in [0.717, 1.165) is 48.5 Å². The van der Waals surface area contributed by atoms with Crippen molar-refractivity contribution in [1.82, 2.24) is 48.7 Å². The van der Waals surface area contributed by atoms with Gasteiger partial charge in [0.1, 0.15) is 52.6 Å². The molecule has 3 N–H and O–H groups in total. The van der Waals surface area contributed by atoms with Gasteiger partial charge in [0, 0.05) is 63.6 Å². The summed E-state index contributed by atoms with van der Waals surface area (Å²) in [4.78, 5) is 30.7. The zero-order valence-electron chi connectivity index (χ0n) is 27.1. The van der Waals surface area contributed by atoms with Crippen LogP contribution in [0.3, 0.4) is 0 Å². The molecule has 7 rings (SSSR count). The van der Waals surface area contributed by atoms with E-state index in [9.17, 15) is 13.2 Å². The van der Waals surface area contributed by atoms with E-state index in [1.807, 2.05) is 41.1 Å². The molecule has 1 aliphatic heterocycles. The summed E-state index contributed by atoms with van der Waals surface area (Å²) < 4.78 is 34.2. The third kappa shape index (κ3) is 6.94. The van der Waals surface area contributed by atoms with Gasteiger partial charge in [-0.15, -0.1) is 9.19 Å². The summed E-state index contributed by atoms with van der Waals surface area (Å²) in [5, 5.41) is 17.6. The zero-order chi connectivity index (χ0) is 34.0. The molecule has 5 aromatic heterocycles. The van der Waals surface area contributed by atoms with Crippen molar-refractivity contribution in [3.8, 4) is 0 Å². The number of hydrogen-bond donors (Lipinski definition) is 3. The number of H-pyrrole nitrogens is 1. The third-order valence-electron chi connectivity index (χ3n) is 8.56. The molecule has 17 heteroatoms. The lowest BCUT2D eigenvalue weighted by Gasteiger charge is -2.32. The lowest BCUT2D eigenvalue weighted by molar-refractivity contribution is 0.102. The molecule has 1 amide bonds. The molecule has 0 radical (unpaired) electrons. The van der Waals surface area contributed by atoms with E-state index in [1.165, 1.54) is 24.3 Å². The van der Waals surface area contributed by atoms with E-state index in [4.69, 9.17) is 4.42 Å². The highest BCUT2D eigenvalue weighted by molar-refractivity contribution is 7.89. The van der Waals surface area contributed by atoms with Crippen LogP contribution >= 0.6 is 0 Å². The molecule has 254 valence electrons. The largest absolute Gasteiger partial charge is 0.465 e. The number of aromatic nitrogens is 8. The average Bonchev–Trinajstić information content (AvgIpc) is 3.92. The summed E-state index contributed by atoms with van der Waals surface area (Å²) in [7, 11) is -1.73. The number of hydrogen-bond acceptors (Lipinski definition) is 12. The quantitative estimate of drug-likeness (QED) is 0.171. The highest BCUT2D eigenvalue weighted by atomic mass is 32.2. The Kier molecular flexibility index (Phi) is 8.94. The predicted octanol–water partition coefficient (Wildman–Crippen LogP) is 3.26. The van der Waals surface area contributed by atoms with Crippen LogP contribution in [-0.2, 0) is 29.5 Å². The van der Waals surface area contributed by atoms with Gasteiger partial charge in [0.05, 0.1) is 17.3 Å². The summed E-state index contributed by atoms with van der Waals surface area (Å²) in [5.41, 5.74) is 3.33. The molecule has 49 heavy (non-hydrogen) atoms. The summed E-state index contributed by atoms with van der Waals surface area (Å²) >= 11 is 0. The van der Waals surface area contributed by atoms with Gasteiger partial charge in [0.25, 0.3) is 15.9 Å². The van der Waals surface area contributed by atoms with Gasteiger partial charge in [-0.1, -0.05) is 12.1 Å². The van der Waals surface area contributed by atoms with Crippen molar-refractivity contribution in [3.05, 3.63) is 90.6 Å². The Morgan fingerprint density at radius 1 is 1.06 bits per heavy atom. The maximum Gasteiger partial charge on any atom is 0.287 e. The molecule has 16 nitrogen and oxygen atoms in total. The highest BCUT2D eigenvalue weighted by Gasteiger charge is 2.24. The minimum atomic E-state index is -3.88. The van der Waals surface area contributed by atoms with E-state index in [1.54, 1.807) is 13.1 Å². The molecule has 1 fully saturated rings. The number of amides is 1. The predicted molar refractivity (Wildman–Crippen MR) is 181 cm³/mol. The molecule has 0 aliphatic carbocycles. The van der Waals surface area contributed by atoms with Crippen molar-refractivity contribution in [2.24, 2.45) is 0 Å². The number of carbonyl (C=O) groups is 1. The standard InChI is InChI=1S/C32H36N12O4S/c1-22-28(49(46,47)44-21-33-19-37-44)16-25(48-22)4-3-10-43-11-9-26-30(34-20-35-31(26)43)39-27-17-36-40-29(27)32(45)38-24-7-5-23(6-8-24)18-42-14-12-41(2)13-15-42/h5-9,11,16-17,19-21H,3-4,10,12-15,18H2,1-2H3,(H,36,40)(H,38,45)(H,34,35,39). The van der Waals surface area contributed by atoms with Crippen molar-refractivity contribution in [1.29, 1.82) is 0 Å². The van der Waals surface area contributed by atoms with E-state index in [-0.39, 0.29) is 16.5 Å². The number of piperazine rings is 1. The molecular formula is C32H36N12O4S. The Labute approximate surface area is 282 Å². The van der Waals surface area contributed by atoms with Gasteiger partial charge in [-0.2, -0.15) is 13.5 Å². The summed E-state index contributed by atoms with van der Waals surface area (Å²) in [6, 6.07) is 11.3.